The summed E-state index contributed by atoms with van der Waals surface area (Å²) in [5.74, 6) is 1.63. The SMILES string of the molecule is COc1cc2c(cc1Nc1ncnc3sc4c(c13)CCN(Cc1ccn(C)n1)C4)C=NC2. The van der Waals surface area contributed by atoms with Gasteiger partial charge in [-0.15, -0.1) is 11.3 Å². The highest BCUT2D eigenvalue weighted by atomic mass is 32.1. The second-order valence-corrected chi connectivity index (χ2v) is 9.28. The molecule has 0 amide bonds. The summed E-state index contributed by atoms with van der Waals surface area (Å²) in [4.78, 5) is 18.4. The van der Waals surface area contributed by atoms with Crippen LogP contribution in [0.25, 0.3) is 10.2 Å². The van der Waals surface area contributed by atoms with Crippen LogP contribution < -0.4 is 10.1 Å². The Morgan fingerprint density at radius 2 is 2.19 bits per heavy atom. The van der Waals surface area contributed by atoms with Gasteiger partial charge in [0.2, 0.25) is 0 Å². The van der Waals surface area contributed by atoms with E-state index >= 15 is 0 Å². The van der Waals surface area contributed by atoms with Crippen LogP contribution in [0.1, 0.15) is 27.3 Å². The van der Waals surface area contributed by atoms with Gasteiger partial charge < -0.3 is 10.1 Å². The molecule has 0 aliphatic carbocycles. The van der Waals surface area contributed by atoms with Gasteiger partial charge in [-0.3, -0.25) is 14.6 Å². The van der Waals surface area contributed by atoms with E-state index in [0.29, 0.717) is 6.54 Å². The Morgan fingerprint density at radius 3 is 3.03 bits per heavy atom. The lowest BCUT2D eigenvalue weighted by atomic mass is 10.0. The van der Waals surface area contributed by atoms with Crippen molar-refractivity contribution in [2.75, 3.05) is 19.0 Å². The topological polar surface area (TPSA) is 80.5 Å². The number of hydrogen-bond acceptors (Lipinski definition) is 8. The van der Waals surface area contributed by atoms with Gasteiger partial charge in [0, 0.05) is 44.0 Å². The summed E-state index contributed by atoms with van der Waals surface area (Å²) in [6.07, 6.45) is 6.52. The molecular formula is C23H23N7OS. The highest BCUT2D eigenvalue weighted by molar-refractivity contribution is 7.19. The summed E-state index contributed by atoms with van der Waals surface area (Å²) >= 11 is 1.76. The smallest absolute Gasteiger partial charge is 0.142 e. The van der Waals surface area contributed by atoms with Crippen LogP contribution in [0, 0.1) is 0 Å². The maximum absolute atomic E-state index is 5.65. The van der Waals surface area contributed by atoms with E-state index in [4.69, 9.17) is 4.74 Å². The summed E-state index contributed by atoms with van der Waals surface area (Å²) in [6.45, 7) is 3.46. The van der Waals surface area contributed by atoms with Crippen LogP contribution in [0.3, 0.4) is 0 Å². The molecule has 0 unspecified atom stereocenters. The fourth-order valence-electron chi connectivity index (χ4n) is 4.52. The molecule has 2 aliphatic heterocycles. The zero-order valence-electron chi connectivity index (χ0n) is 18.0. The van der Waals surface area contributed by atoms with Crippen LogP contribution in [0.4, 0.5) is 11.5 Å². The number of aromatic nitrogens is 4. The first kappa shape index (κ1) is 19.4. The van der Waals surface area contributed by atoms with Gasteiger partial charge in [-0.2, -0.15) is 5.10 Å². The zero-order valence-corrected chi connectivity index (χ0v) is 18.8. The average Bonchev–Trinajstić information content (AvgIpc) is 3.51. The predicted octanol–water partition coefficient (Wildman–Crippen LogP) is 3.67. The van der Waals surface area contributed by atoms with Gasteiger partial charge in [-0.25, -0.2) is 9.97 Å². The fourth-order valence-corrected chi connectivity index (χ4v) is 5.75. The number of fused-ring (bicyclic) bond motifs is 4. The third-order valence-electron chi connectivity index (χ3n) is 6.08. The third-order valence-corrected chi connectivity index (χ3v) is 7.20. The van der Waals surface area contributed by atoms with Crippen molar-refractivity contribution in [3.63, 3.8) is 0 Å². The molecule has 0 atom stereocenters. The number of rotatable bonds is 5. The number of methoxy groups -OCH3 is 1. The first-order chi connectivity index (χ1) is 15.7. The Hall–Kier alpha value is -3.30. The van der Waals surface area contributed by atoms with Crippen LogP contribution in [-0.2, 0) is 33.1 Å². The molecule has 0 radical (unpaired) electrons. The minimum atomic E-state index is 0.705. The number of nitrogens with zero attached hydrogens (tertiary/aromatic N) is 6. The summed E-state index contributed by atoms with van der Waals surface area (Å²) in [6, 6.07) is 6.23. The van der Waals surface area contributed by atoms with Crippen LogP contribution in [0.15, 0.2) is 35.7 Å². The molecule has 4 aromatic rings. The number of benzene rings is 1. The van der Waals surface area contributed by atoms with Crippen LogP contribution in [-0.4, -0.2) is 44.5 Å². The van der Waals surface area contributed by atoms with Crippen molar-refractivity contribution in [1.29, 1.82) is 0 Å². The normalized spacial score (nSPS) is 15.2. The molecule has 5 heterocycles. The molecule has 0 saturated carbocycles. The van der Waals surface area contributed by atoms with E-state index in [2.05, 4.69) is 48.5 Å². The van der Waals surface area contributed by atoms with Gasteiger partial charge in [0.25, 0.3) is 0 Å². The van der Waals surface area contributed by atoms with Gasteiger partial charge in [0.15, 0.2) is 0 Å². The standard InChI is InChI=1S/C23H23N7OS/c1-29-5-3-16(28-29)11-30-6-4-17-20(12-30)32-23-21(17)22(25-13-26-23)27-18-7-14-9-24-10-15(14)8-19(18)31-2/h3,5,7-9,13H,4,6,10-12H2,1-2H3,(H,25,26,27). The highest BCUT2D eigenvalue weighted by Gasteiger charge is 2.25. The Kier molecular flexibility index (Phi) is 4.65. The van der Waals surface area contributed by atoms with E-state index in [1.54, 1.807) is 24.8 Å². The molecule has 0 fully saturated rings. The first-order valence-electron chi connectivity index (χ1n) is 10.6. The fraction of sp³-hybridized carbons (Fsp3) is 0.304. The number of hydrogen-bond donors (Lipinski definition) is 1. The van der Waals surface area contributed by atoms with Gasteiger partial charge in [-0.05, 0) is 41.3 Å². The molecule has 6 rings (SSSR count). The molecule has 32 heavy (non-hydrogen) atoms. The first-order valence-corrected chi connectivity index (χ1v) is 11.4. The molecule has 1 N–H and O–H groups in total. The van der Waals surface area contributed by atoms with Crippen molar-refractivity contribution in [3.8, 4) is 5.75 Å². The molecule has 1 aromatic carbocycles. The van der Waals surface area contributed by atoms with Crippen molar-refractivity contribution in [2.45, 2.75) is 26.1 Å². The van der Waals surface area contributed by atoms with E-state index < -0.39 is 0 Å². The monoisotopic (exact) mass is 445 g/mol. The number of anilines is 2. The number of aliphatic imine (C=N–C) groups is 1. The number of thiophene rings is 1. The molecule has 0 saturated heterocycles. The van der Waals surface area contributed by atoms with Crippen molar-refractivity contribution in [3.05, 3.63) is 58.0 Å². The molecule has 162 valence electrons. The van der Waals surface area contributed by atoms with Gasteiger partial charge in [0.1, 0.15) is 22.7 Å². The number of ether oxygens (including phenoxy) is 1. The Bertz CT molecular complexity index is 1360. The Morgan fingerprint density at radius 1 is 1.25 bits per heavy atom. The number of aryl methyl sites for hydroxylation is 1. The molecule has 0 bridgehead atoms. The Balaban J connectivity index is 1.33. The largest absolute Gasteiger partial charge is 0.495 e. The predicted molar refractivity (Wildman–Crippen MR) is 126 cm³/mol. The van der Waals surface area contributed by atoms with E-state index in [1.165, 1.54) is 16.0 Å². The molecule has 2 aliphatic rings. The minimum absolute atomic E-state index is 0.705. The quantitative estimate of drug-likeness (QED) is 0.505. The molecule has 9 heteroatoms. The van der Waals surface area contributed by atoms with Crippen molar-refractivity contribution in [1.82, 2.24) is 24.6 Å². The maximum Gasteiger partial charge on any atom is 0.142 e. The van der Waals surface area contributed by atoms with Gasteiger partial charge in [-0.1, -0.05) is 0 Å². The Labute approximate surface area is 189 Å². The lowest BCUT2D eigenvalue weighted by Gasteiger charge is -2.26. The van der Waals surface area contributed by atoms with E-state index in [1.807, 2.05) is 24.1 Å². The number of nitrogens with one attached hydrogen (secondary N) is 1. The van der Waals surface area contributed by atoms with E-state index in [0.717, 1.165) is 64.8 Å². The molecule has 0 spiro atoms. The average molecular weight is 446 g/mol. The summed E-state index contributed by atoms with van der Waals surface area (Å²) in [5.41, 5.74) is 5.66. The van der Waals surface area contributed by atoms with Crippen LogP contribution in [0.5, 0.6) is 5.75 Å². The molecular weight excluding hydrogens is 422 g/mol. The summed E-state index contributed by atoms with van der Waals surface area (Å²) in [5, 5.41) is 9.19. The second kappa shape index (κ2) is 7.68. The summed E-state index contributed by atoms with van der Waals surface area (Å²) in [7, 11) is 3.65. The van der Waals surface area contributed by atoms with Crippen molar-refractivity contribution in [2.24, 2.45) is 12.0 Å². The zero-order chi connectivity index (χ0) is 21.7. The molecule has 8 nitrogen and oxygen atoms in total. The maximum atomic E-state index is 5.65. The van der Waals surface area contributed by atoms with E-state index in [9.17, 15) is 0 Å². The minimum Gasteiger partial charge on any atom is -0.495 e. The van der Waals surface area contributed by atoms with Gasteiger partial charge >= 0.3 is 0 Å². The van der Waals surface area contributed by atoms with E-state index in [-0.39, 0.29) is 0 Å². The second-order valence-electron chi connectivity index (χ2n) is 8.19. The highest BCUT2D eigenvalue weighted by Crippen LogP contribution is 2.40. The van der Waals surface area contributed by atoms with Gasteiger partial charge in [0.05, 0.1) is 30.4 Å². The van der Waals surface area contributed by atoms with Crippen LogP contribution in [0.2, 0.25) is 0 Å². The molecule has 3 aromatic heterocycles. The lowest BCUT2D eigenvalue weighted by molar-refractivity contribution is 0.246. The summed E-state index contributed by atoms with van der Waals surface area (Å²) < 4.78 is 7.51. The lowest BCUT2D eigenvalue weighted by Crippen LogP contribution is -2.29. The third kappa shape index (κ3) is 3.34. The van der Waals surface area contributed by atoms with Crippen LogP contribution >= 0.6 is 11.3 Å². The van der Waals surface area contributed by atoms with Crippen molar-refractivity contribution < 1.29 is 4.74 Å². The van der Waals surface area contributed by atoms with Crippen molar-refractivity contribution >= 4 is 39.3 Å².